The highest BCUT2D eigenvalue weighted by molar-refractivity contribution is 7.79. The van der Waals surface area contributed by atoms with Crippen molar-refractivity contribution in [2.75, 3.05) is 5.73 Å². The summed E-state index contributed by atoms with van der Waals surface area (Å²) in [5, 5.41) is 0. The number of hydrogen-bond acceptors (Lipinski definition) is 3. The Balaban J connectivity index is 2.00. The van der Waals surface area contributed by atoms with Crippen molar-refractivity contribution in [3.63, 3.8) is 0 Å². The molecule has 0 aliphatic carbocycles. The minimum Gasteiger partial charge on any atom is -0.457 e. The van der Waals surface area contributed by atoms with E-state index in [2.05, 4.69) is 0 Å². The second kappa shape index (κ2) is 6.64. The topological polar surface area (TPSA) is 72.5 Å². The molecule has 0 aliphatic rings. The van der Waals surface area contributed by atoms with Crippen LogP contribution in [0.5, 0.6) is 11.5 Å². The third-order valence-electron chi connectivity index (χ3n) is 3.34. The Kier molecular flexibility index (Phi) is 4.41. The molecule has 5 heteroatoms. The zero-order valence-corrected chi connectivity index (χ0v) is 13.0. The highest BCUT2D eigenvalue weighted by atomic mass is 32.2. The Bertz CT molecular complexity index is 833. The maximum absolute atomic E-state index is 11.6. The van der Waals surface area contributed by atoms with Gasteiger partial charge in [-0.15, -0.1) is 0 Å². The summed E-state index contributed by atoms with van der Waals surface area (Å²) < 4.78 is 26.8. The zero-order valence-electron chi connectivity index (χ0n) is 12.2. The normalized spacial score (nSPS) is 11.9. The van der Waals surface area contributed by atoms with Crippen LogP contribution in [0, 0.1) is 0 Å². The largest absolute Gasteiger partial charge is 0.457 e. The second-order valence-electron chi connectivity index (χ2n) is 4.94. The van der Waals surface area contributed by atoms with Gasteiger partial charge in [0, 0.05) is 11.3 Å². The first-order valence-electron chi connectivity index (χ1n) is 6.97. The van der Waals surface area contributed by atoms with Gasteiger partial charge in [0.05, 0.1) is 4.90 Å². The van der Waals surface area contributed by atoms with E-state index in [1.807, 2.05) is 30.3 Å². The molecule has 0 bridgehead atoms. The molecule has 3 aromatic rings. The average Bonchev–Trinajstić information content (AvgIpc) is 2.57. The van der Waals surface area contributed by atoms with E-state index in [1.165, 1.54) is 0 Å². The van der Waals surface area contributed by atoms with Gasteiger partial charge in [-0.2, -0.15) is 0 Å². The van der Waals surface area contributed by atoms with Crippen LogP contribution < -0.4 is 10.5 Å². The number of nitrogen functional groups attached to an aromatic ring is 1. The zero-order chi connectivity index (χ0) is 16.2. The molecule has 0 radical (unpaired) electrons. The molecule has 1 atom stereocenters. The molecule has 3 rings (SSSR count). The summed E-state index contributed by atoms with van der Waals surface area (Å²) in [6.07, 6.45) is 0. The molecule has 116 valence electrons. The van der Waals surface area contributed by atoms with E-state index in [0.717, 1.165) is 5.56 Å². The minimum absolute atomic E-state index is 0.348. The van der Waals surface area contributed by atoms with Crippen molar-refractivity contribution >= 4 is 16.8 Å². The van der Waals surface area contributed by atoms with Crippen LogP contribution in [0.1, 0.15) is 0 Å². The van der Waals surface area contributed by atoms with Crippen LogP contribution >= 0.6 is 0 Å². The maximum Gasteiger partial charge on any atom is 0.187 e. The first kappa shape index (κ1) is 15.3. The lowest BCUT2D eigenvalue weighted by Gasteiger charge is -2.11. The molecule has 0 amide bonds. The first-order valence-corrected chi connectivity index (χ1v) is 8.08. The Morgan fingerprint density at radius 2 is 1.52 bits per heavy atom. The number of ether oxygens (including phenoxy) is 1. The average molecular weight is 325 g/mol. The van der Waals surface area contributed by atoms with Crippen LogP contribution in [0.3, 0.4) is 0 Å². The fraction of sp³-hybridized carbons (Fsp3) is 0. The minimum atomic E-state index is -2.07. The van der Waals surface area contributed by atoms with Gasteiger partial charge >= 0.3 is 0 Å². The molecule has 0 saturated heterocycles. The Labute approximate surface area is 136 Å². The van der Waals surface area contributed by atoms with Crippen molar-refractivity contribution in [1.82, 2.24) is 0 Å². The fourth-order valence-electron chi connectivity index (χ4n) is 2.24. The summed E-state index contributed by atoms with van der Waals surface area (Å²) in [6.45, 7) is 0. The molecular formula is C18H15NO3S. The van der Waals surface area contributed by atoms with E-state index in [-0.39, 0.29) is 0 Å². The van der Waals surface area contributed by atoms with Gasteiger partial charge < -0.3 is 15.0 Å². The van der Waals surface area contributed by atoms with Crippen LogP contribution in [0.4, 0.5) is 5.69 Å². The molecule has 3 aromatic carbocycles. The lowest BCUT2D eigenvalue weighted by molar-refractivity contribution is 0.482. The molecule has 3 N–H and O–H groups in total. The Hall–Kier alpha value is -2.63. The van der Waals surface area contributed by atoms with E-state index in [4.69, 9.17) is 10.5 Å². The lowest BCUT2D eigenvalue weighted by atomic mass is 10.1. The maximum atomic E-state index is 11.6. The quantitative estimate of drug-likeness (QED) is 0.554. The molecule has 4 nitrogen and oxygen atoms in total. The molecule has 0 heterocycles. The summed E-state index contributed by atoms with van der Waals surface area (Å²) in [5.41, 5.74) is 7.84. The summed E-state index contributed by atoms with van der Waals surface area (Å²) >= 11 is -2.07. The standard InChI is InChI=1S/C18H15NO3S/c19-14-6-8-15(9-7-14)22-16-10-11-18(23(20)21)17(12-16)13-4-2-1-3-5-13/h1-12H,19H2,(H,20,21). The monoisotopic (exact) mass is 325 g/mol. The highest BCUT2D eigenvalue weighted by Gasteiger charge is 2.12. The number of rotatable bonds is 4. The number of anilines is 1. The van der Waals surface area contributed by atoms with Gasteiger partial charge in [-0.3, -0.25) is 0 Å². The highest BCUT2D eigenvalue weighted by Crippen LogP contribution is 2.32. The van der Waals surface area contributed by atoms with Gasteiger partial charge in [0.25, 0.3) is 0 Å². The van der Waals surface area contributed by atoms with Crippen LogP contribution in [-0.2, 0) is 11.1 Å². The van der Waals surface area contributed by atoms with Gasteiger partial charge in [-0.25, -0.2) is 4.21 Å². The van der Waals surface area contributed by atoms with Crippen LogP contribution in [0.25, 0.3) is 11.1 Å². The van der Waals surface area contributed by atoms with Crippen molar-refractivity contribution in [3.8, 4) is 22.6 Å². The van der Waals surface area contributed by atoms with E-state index in [9.17, 15) is 8.76 Å². The Morgan fingerprint density at radius 1 is 0.870 bits per heavy atom. The Morgan fingerprint density at radius 3 is 2.17 bits per heavy atom. The molecule has 0 spiro atoms. The third kappa shape index (κ3) is 3.59. The van der Waals surface area contributed by atoms with Crippen molar-refractivity contribution in [3.05, 3.63) is 72.8 Å². The van der Waals surface area contributed by atoms with Crippen molar-refractivity contribution in [2.45, 2.75) is 4.90 Å². The van der Waals surface area contributed by atoms with Crippen molar-refractivity contribution in [2.24, 2.45) is 0 Å². The number of benzene rings is 3. The van der Waals surface area contributed by atoms with Crippen molar-refractivity contribution < 1.29 is 13.5 Å². The van der Waals surface area contributed by atoms with Crippen LogP contribution in [0.15, 0.2) is 77.7 Å². The second-order valence-corrected chi connectivity index (χ2v) is 5.88. The SMILES string of the molecule is Nc1ccc(Oc2ccc(S(=O)O)c(-c3ccccc3)c2)cc1. The van der Waals surface area contributed by atoms with Gasteiger partial charge in [-0.1, -0.05) is 30.3 Å². The fourth-order valence-corrected chi connectivity index (χ4v) is 2.79. The smallest absolute Gasteiger partial charge is 0.187 e. The van der Waals surface area contributed by atoms with E-state index < -0.39 is 11.1 Å². The van der Waals surface area contributed by atoms with Gasteiger partial charge in [0.2, 0.25) is 0 Å². The first-order chi connectivity index (χ1) is 11.1. The molecule has 1 unspecified atom stereocenters. The van der Waals surface area contributed by atoms with E-state index in [0.29, 0.717) is 27.6 Å². The number of nitrogens with two attached hydrogens (primary N) is 1. The van der Waals surface area contributed by atoms with E-state index in [1.54, 1.807) is 42.5 Å². The van der Waals surface area contributed by atoms with Crippen molar-refractivity contribution in [1.29, 1.82) is 0 Å². The summed E-state index contributed by atoms with van der Waals surface area (Å²) in [4.78, 5) is 0.348. The summed E-state index contributed by atoms with van der Waals surface area (Å²) in [6, 6.07) is 21.5. The van der Waals surface area contributed by atoms with Gasteiger partial charge in [-0.05, 0) is 48.0 Å². The van der Waals surface area contributed by atoms with Gasteiger partial charge in [0.1, 0.15) is 11.5 Å². The summed E-state index contributed by atoms with van der Waals surface area (Å²) in [5.74, 6) is 1.24. The third-order valence-corrected chi connectivity index (χ3v) is 4.07. The van der Waals surface area contributed by atoms with Crippen LogP contribution in [0.2, 0.25) is 0 Å². The molecule has 0 fully saturated rings. The molecule has 0 saturated carbocycles. The molecule has 23 heavy (non-hydrogen) atoms. The van der Waals surface area contributed by atoms with Gasteiger partial charge in [0.15, 0.2) is 11.1 Å². The predicted molar refractivity (Wildman–Crippen MR) is 91.8 cm³/mol. The van der Waals surface area contributed by atoms with Crippen LogP contribution in [-0.4, -0.2) is 8.76 Å². The predicted octanol–water partition coefficient (Wildman–Crippen LogP) is 4.31. The van der Waals surface area contributed by atoms with E-state index >= 15 is 0 Å². The molecular weight excluding hydrogens is 310 g/mol. The summed E-state index contributed by atoms with van der Waals surface area (Å²) in [7, 11) is 0. The molecule has 0 aromatic heterocycles. The number of hydrogen-bond donors (Lipinski definition) is 2. The lowest BCUT2D eigenvalue weighted by Crippen LogP contribution is -1.94. The molecule has 0 aliphatic heterocycles.